The largest absolute Gasteiger partial charge is 0.382 e. The zero-order valence-electron chi connectivity index (χ0n) is 12.1. The van der Waals surface area contributed by atoms with Gasteiger partial charge in [0.05, 0.1) is 0 Å². The second-order valence-electron chi connectivity index (χ2n) is 4.81. The molecule has 0 bridgehead atoms. The molecule has 1 N–H and O–H groups in total. The number of nitrogens with zero attached hydrogens (tertiary/aromatic N) is 2. The van der Waals surface area contributed by atoms with Crippen LogP contribution in [0.15, 0.2) is 12.4 Å². The molecule has 0 aliphatic rings. The van der Waals surface area contributed by atoms with E-state index >= 15 is 0 Å². The Balaban J connectivity index is 2.44. The predicted octanol–water partition coefficient (Wildman–Crippen LogP) is 3.16. The Kier molecular flexibility index (Phi) is 6.80. The summed E-state index contributed by atoms with van der Waals surface area (Å²) in [5.41, 5.74) is 0. The molecular formula is C14H27N3O. The molecule has 0 amide bonds. The summed E-state index contributed by atoms with van der Waals surface area (Å²) in [6.07, 6.45) is 6.08. The molecule has 1 rings (SSSR count). The summed E-state index contributed by atoms with van der Waals surface area (Å²) in [6.45, 7) is 11.3. The lowest BCUT2D eigenvalue weighted by molar-refractivity contribution is 0.142. The van der Waals surface area contributed by atoms with Gasteiger partial charge in [-0.25, -0.2) is 4.98 Å². The number of hydrogen-bond acceptors (Lipinski definition) is 3. The average molecular weight is 253 g/mol. The van der Waals surface area contributed by atoms with Crippen LogP contribution >= 0.6 is 0 Å². The maximum absolute atomic E-state index is 5.35. The van der Waals surface area contributed by atoms with Crippen molar-refractivity contribution in [3.8, 4) is 0 Å². The maximum Gasteiger partial charge on any atom is 0.202 e. The van der Waals surface area contributed by atoms with Gasteiger partial charge in [0.2, 0.25) is 5.95 Å². The Hall–Kier alpha value is -1.03. The summed E-state index contributed by atoms with van der Waals surface area (Å²) in [7, 11) is 0. The van der Waals surface area contributed by atoms with Crippen molar-refractivity contribution in [2.45, 2.75) is 53.1 Å². The van der Waals surface area contributed by atoms with Crippen LogP contribution in [0.25, 0.3) is 0 Å². The lowest BCUT2D eigenvalue weighted by Crippen LogP contribution is -2.25. The third kappa shape index (κ3) is 4.69. The van der Waals surface area contributed by atoms with Gasteiger partial charge in [-0.2, -0.15) is 0 Å². The highest BCUT2D eigenvalue weighted by atomic mass is 16.5. The van der Waals surface area contributed by atoms with Crippen LogP contribution in [0.5, 0.6) is 0 Å². The minimum atomic E-state index is 0.447. The van der Waals surface area contributed by atoms with E-state index in [0.29, 0.717) is 12.0 Å². The highest BCUT2D eigenvalue weighted by Crippen LogP contribution is 2.13. The van der Waals surface area contributed by atoms with E-state index in [2.05, 4.69) is 35.6 Å². The van der Waals surface area contributed by atoms with E-state index in [0.717, 1.165) is 32.1 Å². The van der Waals surface area contributed by atoms with Crippen LogP contribution < -0.4 is 5.32 Å². The number of aryl methyl sites for hydroxylation is 1. The Morgan fingerprint density at radius 2 is 2.17 bits per heavy atom. The van der Waals surface area contributed by atoms with Gasteiger partial charge < -0.3 is 14.6 Å². The molecule has 0 spiro atoms. The molecule has 18 heavy (non-hydrogen) atoms. The monoisotopic (exact) mass is 253 g/mol. The lowest BCUT2D eigenvalue weighted by Gasteiger charge is -2.21. The van der Waals surface area contributed by atoms with Crippen LogP contribution in [-0.4, -0.2) is 28.8 Å². The molecule has 1 heterocycles. The molecule has 0 radical (unpaired) electrons. The quantitative estimate of drug-likeness (QED) is 0.687. The van der Waals surface area contributed by atoms with Crippen LogP contribution in [0.4, 0.5) is 5.95 Å². The van der Waals surface area contributed by atoms with Crippen molar-refractivity contribution in [3.05, 3.63) is 12.4 Å². The second-order valence-corrected chi connectivity index (χ2v) is 4.81. The number of nitrogens with one attached hydrogen (secondary N) is 1. The van der Waals surface area contributed by atoms with Crippen molar-refractivity contribution >= 4 is 5.95 Å². The van der Waals surface area contributed by atoms with E-state index in [1.54, 1.807) is 0 Å². The van der Waals surface area contributed by atoms with Gasteiger partial charge in [-0.05, 0) is 26.2 Å². The minimum absolute atomic E-state index is 0.447. The molecule has 4 heteroatoms. The number of ether oxygens (including phenoxy) is 1. The zero-order valence-corrected chi connectivity index (χ0v) is 12.1. The Morgan fingerprint density at radius 1 is 1.39 bits per heavy atom. The van der Waals surface area contributed by atoms with Crippen molar-refractivity contribution in [1.29, 1.82) is 0 Å². The van der Waals surface area contributed by atoms with E-state index in [-0.39, 0.29) is 0 Å². The number of aromatic nitrogens is 2. The summed E-state index contributed by atoms with van der Waals surface area (Å²) >= 11 is 0. The molecule has 104 valence electrons. The van der Waals surface area contributed by atoms with Crippen LogP contribution in [0.3, 0.4) is 0 Å². The van der Waals surface area contributed by atoms with Gasteiger partial charge in [0, 0.05) is 38.2 Å². The molecule has 1 aromatic rings. The first-order valence-electron chi connectivity index (χ1n) is 7.04. The van der Waals surface area contributed by atoms with E-state index < -0.39 is 0 Å². The van der Waals surface area contributed by atoms with E-state index in [1.807, 2.05) is 19.3 Å². The van der Waals surface area contributed by atoms with Crippen molar-refractivity contribution in [1.82, 2.24) is 9.55 Å². The van der Waals surface area contributed by atoms with Gasteiger partial charge in [-0.15, -0.1) is 0 Å². The standard InChI is InChI=1S/C14H27N3O/c1-5-12(3)13(4)16-14-15-8-10-17(14)9-7-11-18-6-2/h8,10,12-13H,5-7,9,11H2,1-4H3,(H,15,16). The van der Waals surface area contributed by atoms with Crippen molar-refractivity contribution in [3.63, 3.8) is 0 Å². The average Bonchev–Trinajstić information content (AvgIpc) is 2.81. The van der Waals surface area contributed by atoms with Crippen molar-refractivity contribution in [2.24, 2.45) is 5.92 Å². The van der Waals surface area contributed by atoms with Gasteiger partial charge in [-0.3, -0.25) is 0 Å². The van der Waals surface area contributed by atoms with Crippen LogP contribution in [0.2, 0.25) is 0 Å². The number of imidazole rings is 1. The predicted molar refractivity (Wildman–Crippen MR) is 75.9 cm³/mol. The molecule has 0 aromatic carbocycles. The summed E-state index contributed by atoms with van der Waals surface area (Å²) in [5, 5.41) is 3.49. The van der Waals surface area contributed by atoms with Crippen molar-refractivity contribution < 1.29 is 4.74 Å². The maximum atomic E-state index is 5.35. The molecular weight excluding hydrogens is 226 g/mol. The second kappa shape index (κ2) is 8.14. The number of hydrogen-bond donors (Lipinski definition) is 1. The smallest absolute Gasteiger partial charge is 0.202 e. The van der Waals surface area contributed by atoms with E-state index in [4.69, 9.17) is 4.74 Å². The number of rotatable bonds is 9. The van der Waals surface area contributed by atoms with Gasteiger partial charge in [0.15, 0.2) is 0 Å². The molecule has 0 saturated heterocycles. The van der Waals surface area contributed by atoms with Gasteiger partial charge in [-0.1, -0.05) is 20.3 Å². The van der Waals surface area contributed by atoms with E-state index in [9.17, 15) is 0 Å². The topological polar surface area (TPSA) is 39.1 Å². The van der Waals surface area contributed by atoms with Crippen molar-refractivity contribution in [2.75, 3.05) is 18.5 Å². The van der Waals surface area contributed by atoms with Gasteiger partial charge in [0.1, 0.15) is 0 Å². The summed E-state index contributed by atoms with van der Waals surface area (Å²) in [5.74, 6) is 1.62. The van der Waals surface area contributed by atoms with Crippen LogP contribution in [0.1, 0.15) is 40.5 Å². The molecule has 0 aliphatic heterocycles. The fraction of sp³-hybridized carbons (Fsp3) is 0.786. The molecule has 0 saturated carbocycles. The Morgan fingerprint density at radius 3 is 2.83 bits per heavy atom. The molecule has 4 nitrogen and oxygen atoms in total. The zero-order chi connectivity index (χ0) is 13.4. The fourth-order valence-electron chi connectivity index (χ4n) is 1.81. The summed E-state index contributed by atoms with van der Waals surface area (Å²) in [4.78, 5) is 4.38. The summed E-state index contributed by atoms with van der Waals surface area (Å²) in [6, 6.07) is 0.447. The van der Waals surface area contributed by atoms with Gasteiger partial charge >= 0.3 is 0 Å². The highest BCUT2D eigenvalue weighted by Gasteiger charge is 2.12. The molecule has 0 fully saturated rings. The first-order valence-corrected chi connectivity index (χ1v) is 7.04. The first kappa shape index (κ1) is 15.0. The molecule has 1 aromatic heterocycles. The van der Waals surface area contributed by atoms with Crippen LogP contribution in [-0.2, 0) is 11.3 Å². The van der Waals surface area contributed by atoms with E-state index in [1.165, 1.54) is 6.42 Å². The summed E-state index contributed by atoms with van der Waals surface area (Å²) < 4.78 is 7.52. The van der Waals surface area contributed by atoms with Crippen LogP contribution in [0, 0.1) is 5.92 Å². The van der Waals surface area contributed by atoms with Gasteiger partial charge in [0.25, 0.3) is 0 Å². The first-order chi connectivity index (χ1) is 8.69. The molecule has 2 unspecified atom stereocenters. The Labute approximate surface area is 111 Å². The minimum Gasteiger partial charge on any atom is -0.382 e. The third-order valence-electron chi connectivity index (χ3n) is 3.46. The molecule has 0 aliphatic carbocycles. The Bertz CT molecular complexity index is 325. The normalized spacial score (nSPS) is 14.4. The lowest BCUT2D eigenvalue weighted by atomic mass is 10.0. The fourth-order valence-corrected chi connectivity index (χ4v) is 1.81. The molecule has 2 atom stereocenters. The highest BCUT2D eigenvalue weighted by molar-refractivity contribution is 5.27. The third-order valence-corrected chi connectivity index (χ3v) is 3.46. The number of anilines is 1. The SMILES string of the molecule is CCOCCCn1ccnc1NC(C)C(C)CC.